The van der Waals surface area contributed by atoms with Crippen LogP contribution in [0.3, 0.4) is 0 Å². The molecule has 31 nitrogen and oxygen atoms in total. The van der Waals surface area contributed by atoms with Gasteiger partial charge >= 0.3 is 0 Å². The molecule has 31 heteroatoms. The second-order valence-electron chi connectivity index (χ2n) is 19.1. The fourth-order valence-corrected chi connectivity index (χ4v) is 9.74. The second kappa shape index (κ2) is 26.8. The van der Waals surface area contributed by atoms with Gasteiger partial charge in [0.05, 0.1) is 70.0 Å². The van der Waals surface area contributed by atoms with Crippen molar-refractivity contribution in [1.29, 1.82) is 0 Å². The van der Waals surface area contributed by atoms with Crippen molar-refractivity contribution in [3.8, 4) is 0 Å². The van der Waals surface area contributed by atoms with E-state index in [1.54, 1.807) is 6.92 Å². The lowest BCUT2D eigenvalue weighted by molar-refractivity contribution is -0.377. The Bertz CT molecular complexity index is 1800. The van der Waals surface area contributed by atoms with E-state index in [4.69, 9.17) is 52.1 Å². The molecule has 0 spiro atoms. The van der Waals surface area contributed by atoms with Crippen molar-refractivity contribution in [2.24, 2.45) is 0 Å². The van der Waals surface area contributed by atoms with Gasteiger partial charge in [-0.2, -0.15) is 0 Å². The molecule has 0 aromatic carbocycles. The van der Waals surface area contributed by atoms with Gasteiger partial charge < -0.3 is 140 Å². The van der Waals surface area contributed by atoms with Gasteiger partial charge in [-0.25, -0.2) is 0 Å². The molecule has 428 valence electrons. The summed E-state index contributed by atoms with van der Waals surface area (Å²) >= 11 is 0. The molecule has 0 aliphatic carbocycles. The molecule has 17 N–H and O–H groups in total. The predicted molar refractivity (Wildman–Crippen MR) is 235 cm³/mol. The molecule has 6 saturated heterocycles. The summed E-state index contributed by atoms with van der Waals surface area (Å²) in [5, 5.41) is 157. The third-order valence-corrected chi connectivity index (χ3v) is 13.7. The van der Waals surface area contributed by atoms with Crippen LogP contribution in [-0.2, 0) is 66.5 Å². The minimum absolute atomic E-state index is 0.166. The summed E-state index contributed by atoms with van der Waals surface area (Å²) in [5.41, 5.74) is 0. The maximum absolute atomic E-state index is 12.5. The van der Waals surface area contributed by atoms with Crippen molar-refractivity contribution in [2.45, 2.75) is 212 Å². The number of amides is 3. The van der Waals surface area contributed by atoms with Gasteiger partial charge in [-0.15, -0.1) is 0 Å². The fourth-order valence-electron chi connectivity index (χ4n) is 9.74. The molecular formula is C43H73N3O28. The Hall–Kier alpha value is -2.59. The fraction of sp³-hybridized carbons (Fsp3) is 0.930. The summed E-state index contributed by atoms with van der Waals surface area (Å²) in [6.45, 7) is 0.565. The van der Waals surface area contributed by atoms with Crippen molar-refractivity contribution in [2.75, 3.05) is 39.6 Å². The normalized spacial score (nSPS) is 47.1. The molecule has 6 fully saturated rings. The SMILES string of the molecule is CC(=O)NC1C[C@H](O[C@@H]2OC(CO[C@H]3OC(CO)[C@@H](O)C(O)C3O[C@@H]3OC(CO)[C@@H](O[C@@H]4OC(CO)[C@H](O)C(O)C4O)C(O)C3NC(C)=O)[C@@H](O)C(O)C2O)C(CO)O[C@H]1O[C@H]1CC(NC(C)=O)[C@H](C)OC1CO. The van der Waals surface area contributed by atoms with E-state index < -0.39 is 223 Å². The molecule has 6 heterocycles. The van der Waals surface area contributed by atoms with Gasteiger partial charge in [-0.1, -0.05) is 0 Å². The Labute approximate surface area is 423 Å². The van der Waals surface area contributed by atoms with E-state index in [1.807, 2.05) is 0 Å². The first-order chi connectivity index (χ1) is 35.0. The maximum atomic E-state index is 12.5. The summed E-state index contributed by atoms with van der Waals surface area (Å²) in [4.78, 5) is 36.8. The van der Waals surface area contributed by atoms with E-state index in [1.165, 1.54) is 13.8 Å². The zero-order valence-corrected chi connectivity index (χ0v) is 40.8. The maximum Gasteiger partial charge on any atom is 0.217 e. The number of hydrogen-bond acceptors (Lipinski definition) is 28. The molecule has 16 unspecified atom stereocenters. The number of rotatable bonds is 19. The van der Waals surface area contributed by atoms with Crippen LogP contribution < -0.4 is 16.0 Å². The average Bonchev–Trinajstić information content (AvgIpc) is 3.35. The molecule has 6 aliphatic heterocycles. The van der Waals surface area contributed by atoms with Crippen molar-refractivity contribution in [1.82, 2.24) is 16.0 Å². The van der Waals surface area contributed by atoms with Crippen LogP contribution in [0.2, 0.25) is 0 Å². The second-order valence-corrected chi connectivity index (χ2v) is 19.1. The Balaban J connectivity index is 1.16. The minimum Gasteiger partial charge on any atom is -0.394 e. The number of nitrogens with one attached hydrogen (secondary N) is 3. The van der Waals surface area contributed by atoms with Crippen LogP contribution in [0.5, 0.6) is 0 Å². The van der Waals surface area contributed by atoms with Crippen molar-refractivity contribution in [3.05, 3.63) is 0 Å². The lowest BCUT2D eigenvalue weighted by Crippen LogP contribution is -2.69. The van der Waals surface area contributed by atoms with Gasteiger partial charge in [0.1, 0.15) is 110 Å². The van der Waals surface area contributed by atoms with Gasteiger partial charge in [0.25, 0.3) is 0 Å². The number of carbonyl (C=O) groups is 3. The standard InChI is InChI=1S/C43H73N3O28/c1-13-17(44-14(2)52)5-19(21(7-47)65-13)66-39-18(45-15(3)53)6-20(22(8-48)68-39)67-41-35(62)33(60)30(57)26(72-41)12-64-43-38(34(61)29(56)24(10-50)70-43)74-40-27(46-16(4)54)31(58)37(25(11-51)71-40)73-42-36(63)32(59)28(55)23(9-49)69-42/h13,17-43,47-51,55-63H,5-12H2,1-4H3,(H,44,52)(H,45,53)(H,46,54)/t13-,17?,18?,19-,20-,21?,22?,23?,24?,25?,26?,27?,28-,29+,30+,31?,32?,33?,34?,35?,36?,37+,38?,39+,40-,41+,42-,43-/m0/s1. The van der Waals surface area contributed by atoms with Crippen molar-refractivity contribution >= 4 is 17.7 Å². The van der Waals surface area contributed by atoms with E-state index in [9.17, 15) is 85.9 Å². The first-order valence-corrected chi connectivity index (χ1v) is 24.2. The quantitative estimate of drug-likeness (QED) is 0.0571. The molecule has 0 bridgehead atoms. The van der Waals surface area contributed by atoms with Crippen LogP contribution in [0, 0.1) is 0 Å². The summed E-state index contributed by atoms with van der Waals surface area (Å²) in [6, 6.07) is -3.24. The monoisotopic (exact) mass is 1080 g/mol. The van der Waals surface area contributed by atoms with Crippen LogP contribution >= 0.6 is 0 Å². The van der Waals surface area contributed by atoms with Crippen LogP contribution in [0.15, 0.2) is 0 Å². The van der Waals surface area contributed by atoms with Gasteiger partial charge in [0.2, 0.25) is 17.7 Å². The highest BCUT2D eigenvalue weighted by molar-refractivity contribution is 5.74. The highest BCUT2D eigenvalue weighted by atomic mass is 16.8. The highest BCUT2D eigenvalue weighted by Crippen LogP contribution is 2.36. The van der Waals surface area contributed by atoms with E-state index in [-0.39, 0.29) is 18.7 Å². The van der Waals surface area contributed by atoms with Gasteiger partial charge in [-0.05, 0) is 13.3 Å². The summed E-state index contributed by atoms with van der Waals surface area (Å²) in [6.07, 6.45) is -40.9. The van der Waals surface area contributed by atoms with Crippen LogP contribution in [0.25, 0.3) is 0 Å². The molecular weight excluding hydrogens is 1010 g/mol. The van der Waals surface area contributed by atoms with Gasteiger partial charge in [0, 0.05) is 27.2 Å². The minimum atomic E-state index is -2.03. The molecule has 6 aliphatic rings. The molecule has 3 amide bonds. The zero-order valence-electron chi connectivity index (χ0n) is 40.8. The topological polar surface area (TPSA) is 472 Å². The molecule has 0 aromatic heterocycles. The summed E-state index contributed by atoms with van der Waals surface area (Å²) in [5.74, 6) is -1.67. The highest BCUT2D eigenvalue weighted by Gasteiger charge is 2.56. The Morgan fingerprint density at radius 2 is 0.838 bits per heavy atom. The average molecular weight is 1080 g/mol. The van der Waals surface area contributed by atoms with Crippen LogP contribution in [0.1, 0.15) is 40.5 Å². The molecule has 28 atom stereocenters. The molecule has 0 aromatic rings. The first-order valence-electron chi connectivity index (χ1n) is 24.2. The summed E-state index contributed by atoms with van der Waals surface area (Å²) < 4.78 is 64.8. The third-order valence-electron chi connectivity index (χ3n) is 13.7. The smallest absolute Gasteiger partial charge is 0.217 e. The van der Waals surface area contributed by atoms with Crippen molar-refractivity contribution < 1.29 is 138 Å². The van der Waals surface area contributed by atoms with E-state index in [0.717, 1.165) is 6.92 Å². The largest absolute Gasteiger partial charge is 0.394 e. The lowest BCUT2D eigenvalue weighted by atomic mass is 9.94. The zero-order chi connectivity index (χ0) is 54.5. The molecule has 0 saturated carbocycles. The number of carbonyl (C=O) groups excluding carboxylic acids is 3. The third kappa shape index (κ3) is 14.0. The lowest BCUT2D eigenvalue weighted by Gasteiger charge is -2.49. The number of aliphatic hydroxyl groups is 14. The van der Waals surface area contributed by atoms with Gasteiger partial charge in [-0.3, -0.25) is 14.4 Å². The molecule has 0 radical (unpaired) electrons. The Morgan fingerprint density at radius 3 is 1.39 bits per heavy atom. The number of aliphatic hydroxyl groups excluding tert-OH is 14. The van der Waals surface area contributed by atoms with Gasteiger partial charge in [0.15, 0.2) is 31.5 Å². The van der Waals surface area contributed by atoms with Crippen LogP contribution in [0.4, 0.5) is 0 Å². The van der Waals surface area contributed by atoms with E-state index in [0.29, 0.717) is 0 Å². The van der Waals surface area contributed by atoms with Crippen molar-refractivity contribution in [3.63, 3.8) is 0 Å². The first kappa shape index (κ1) is 60.6. The Morgan fingerprint density at radius 1 is 0.419 bits per heavy atom. The molecule has 74 heavy (non-hydrogen) atoms. The molecule has 6 rings (SSSR count). The van der Waals surface area contributed by atoms with Crippen LogP contribution in [-0.4, -0.2) is 301 Å². The van der Waals surface area contributed by atoms with E-state index >= 15 is 0 Å². The number of ether oxygens (including phenoxy) is 11. The Kier molecular flexibility index (Phi) is 22.0. The summed E-state index contributed by atoms with van der Waals surface area (Å²) in [7, 11) is 0. The predicted octanol–water partition coefficient (Wildman–Crippen LogP) is -10.5. The van der Waals surface area contributed by atoms with E-state index in [2.05, 4.69) is 16.0 Å². The number of hydrogen-bond donors (Lipinski definition) is 17.